The highest BCUT2D eigenvalue weighted by atomic mass is 16.5. The Balaban J connectivity index is 1.96. The van der Waals surface area contributed by atoms with E-state index in [0.717, 1.165) is 18.9 Å². The molecule has 2 aliphatic rings. The summed E-state index contributed by atoms with van der Waals surface area (Å²) in [7, 11) is 0. The standard InChI is InChI=1S/C14H20N2O/c1-2-17-13-8-5-7-12-14(13)15-10-11-6-3-4-9-16(11)12/h5,7-8,11,15H,2-4,6,9-10H2,1H3. The minimum Gasteiger partial charge on any atom is -0.492 e. The average Bonchev–Trinajstić information content (AvgIpc) is 2.39. The number of nitrogens with one attached hydrogen (secondary N) is 1. The molecule has 0 spiro atoms. The molecule has 1 aromatic carbocycles. The summed E-state index contributed by atoms with van der Waals surface area (Å²) in [5, 5.41) is 3.55. The monoisotopic (exact) mass is 232 g/mol. The van der Waals surface area contributed by atoms with Crippen molar-refractivity contribution in [2.45, 2.75) is 32.2 Å². The van der Waals surface area contributed by atoms with Crippen LogP contribution in [0.15, 0.2) is 18.2 Å². The second-order valence-electron chi connectivity index (χ2n) is 4.81. The van der Waals surface area contributed by atoms with E-state index in [1.165, 1.54) is 37.2 Å². The van der Waals surface area contributed by atoms with Gasteiger partial charge in [-0.15, -0.1) is 0 Å². The van der Waals surface area contributed by atoms with Crippen molar-refractivity contribution in [3.8, 4) is 5.75 Å². The highest BCUT2D eigenvalue weighted by molar-refractivity contribution is 5.79. The molecule has 2 aliphatic heterocycles. The van der Waals surface area contributed by atoms with Crippen molar-refractivity contribution in [3.63, 3.8) is 0 Å². The molecule has 3 nitrogen and oxygen atoms in total. The average molecular weight is 232 g/mol. The topological polar surface area (TPSA) is 24.5 Å². The Hall–Kier alpha value is -1.38. The van der Waals surface area contributed by atoms with Gasteiger partial charge in [0.25, 0.3) is 0 Å². The number of anilines is 2. The number of hydrogen-bond acceptors (Lipinski definition) is 3. The molecule has 1 fully saturated rings. The van der Waals surface area contributed by atoms with Gasteiger partial charge in [-0.05, 0) is 38.3 Å². The summed E-state index contributed by atoms with van der Waals surface area (Å²) in [5.74, 6) is 0.994. The number of nitrogens with zero attached hydrogens (tertiary/aromatic N) is 1. The van der Waals surface area contributed by atoms with Gasteiger partial charge in [0, 0.05) is 19.1 Å². The van der Waals surface area contributed by atoms with Gasteiger partial charge in [-0.1, -0.05) is 6.07 Å². The van der Waals surface area contributed by atoms with E-state index in [1.54, 1.807) is 0 Å². The molecule has 1 saturated heterocycles. The Morgan fingerprint density at radius 2 is 2.35 bits per heavy atom. The molecule has 1 unspecified atom stereocenters. The largest absolute Gasteiger partial charge is 0.492 e. The fraction of sp³-hybridized carbons (Fsp3) is 0.571. The molecule has 2 heterocycles. The van der Waals surface area contributed by atoms with Crippen molar-refractivity contribution in [1.29, 1.82) is 0 Å². The molecular weight excluding hydrogens is 212 g/mol. The third kappa shape index (κ3) is 1.84. The lowest BCUT2D eigenvalue weighted by Gasteiger charge is -2.42. The Morgan fingerprint density at radius 1 is 1.41 bits per heavy atom. The van der Waals surface area contributed by atoms with Gasteiger partial charge in [0.2, 0.25) is 0 Å². The Bertz CT molecular complexity index is 405. The van der Waals surface area contributed by atoms with E-state index < -0.39 is 0 Å². The molecule has 1 N–H and O–H groups in total. The third-order valence-electron chi connectivity index (χ3n) is 3.76. The number of benzene rings is 1. The van der Waals surface area contributed by atoms with Crippen LogP contribution in [0.5, 0.6) is 5.75 Å². The summed E-state index contributed by atoms with van der Waals surface area (Å²) in [6.45, 7) is 5.00. The van der Waals surface area contributed by atoms with E-state index in [0.29, 0.717) is 6.04 Å². The van der Waals surface area contributed by atoms with Gasteiger partial charge in [-0.3, -0.25) is 0 Å². The van der Waals surface area contributed by atoms with E-state index in [9.17, 15) is 0 Å². The zero-order valence-electron chi connectivity index (χ0n) is 10.4. The maximum absolute atomic E-state index is 5.69. The molecule has 0 bridgehead atoms. The van der Waals surface area contributed by atoms with Crippen LogP contribution in [0.2, 0.25) is 0 Å². The van der Waals surface area contributed by atoms with Crippen LogP contribution in [0, 0.1) is 0 Å². The molecule has 3 rings (SSSR count). The van der Waals surface area contributed by atoms with Crippen LogP contribution in [-0.2, 0) is 0 Å². The number of hydrogen-bond donors (Lipinski definition) is 1. The van der Waals surface area contributed by atoms with Gasteiger partial charge in [0.1, 0.15) is 11.4 Å². The predicted octanol–water partition coefficient (Wildman–Crippen LogP) is 2.87. The van der Waals surface area contributed by atoms with Crippen LogP contribution >= 0.6 is 0 Å². The highest BCUT2D eigenvalue weighted by Crippen LogP contribution is 2.40. The van der Waals surface area contributed by atoms with Crippen molar-refractivity contribution in [2.24, 2.45) is 0 Å². The Kier molecular flexibility index (Phi) is 2.83. The van der Waals surface area contributed by atoms with Gasteiger partial charge in [-0.25, -0.2) is 0 Å². The minimum absolute atomic E-state index is 0.674. The number of ether oxygens (including phenoxy) is 1. The molecule has 3 heteroatoms. The summed E-state index contributed by atoms with van der Waals surface area (Å²) >= 11 is 0. The second kappa shape index (κ2) is 4.47. The van der Waals surface area contributed by atoms with E-state index in [-0.39, 0.29) is 0 Å². The summed E-state index contributed by atoms with van der Waals surface area (Å²) in [4.78, 5) is 2.55. The summed E-state index contributed by atoms with van der Waals surface area (Å²) < 4.78 is 5.69. The molecule has 0 saturated carbocycles. The zero-order chi connectivity index (χ0) is 11.7. The lowest BCUT2D eigenvalue weighted by Crippen LogP contribution is -2.47. The molecule has 0 amide bonds. The number of para-hydroxylation sites is 1. The van der Waals surface area contributed by atoms with Crippen LogP contribution in [0.3, 0.4) is 0 Å². The van der Waals surface area contributed by atoms with Gasteiger partial charge < -0.3 is 15.0 Å². The van der Waals surface area contributed by atoms with Gasteiger partial charge in [0.05, 0.1) is 12.3 Å². The zero-order valence-corrected chi connectivity index (χ0v) is 10.4. The summed E-state index contributed by atoms with van der Waals surface area (Å²) in [5.41, 5.74) is 2.51. The van der Waals surface area contributed by atoms with Crippen LogP contribution in [0.4, 0.5) is 11.4 Å². The van der Waals surface area contributed by atoms with E-state index >= 15 is 0 Å². The first-order valence-electron chi connectivity index (χ1n) is 6.66. The van der Waals surface area contributed by atoms with Crippen LogP contribution in [0.25, 0.3) is 0 Å². The quantitative estimate of drug-likeness (QED) is 0.848. The first kappa shape index (κ1) is 10.8. The smallest absolute Gasteiger partial charge is 0.144 e. The minimum atomic E-state index is 0.674. The number of rotatable bonds is 2. The Morgan fingerprint density at radius 3 is 3.24 bits per heavy atom. The molecule has 92 valence electrons. The van der Waals surface area contributed by atoms with Crippen LogP contribution in [-0.4, -0.2) is 25.7 Å². The normalized spacial score (nSPS) is 22.4. The molecule has 0 aromatic heterocycles. The van der Waals surface area contributed by atoms with Gasteiger partial charge in [-0.2, -0.15) is 0 Å². The first-order valence-corrected chi connectivity index (χ1v) is 6.66. The molecule has 17 heavy (non-hydrogen) atoms. The van der Waals surface area contributed by atoms with Gasteiger partial charge in [0.15, 0.2) is 0 Å². The summed E-state index contributed by atoms with van der Waals surface area (Å²) in [6.07, 6.45) is 3.99. The fourth-order valence-electron chi connectivity index (χ4n) is 2.96. The van der Waals surface area contributed by atoms with Gasteiger partial charge >= 0.3 is 0 Å². The number of fused-ring (bicyclic) bond motifs is 3. The van der Waals surface area contributed by atoms with Crippen LogP contribution in [0.1, 0.15) is 26.2 Å². The first-order chi connectivity index (χ1) is 8.40. The maximum Gasteiger partial charge on any atom is 0.144 e. The lowest BCUT2D eigenvalue weighted by molar-refractivity contribution is 0.340. The lowest BCUT2D eigenvalue weighted by atomic mass is 9.98. The SMILES string of the molecule is CCOc1cccc2c1NCC1CCCCN21. The highest BCUT2D eigenvalue weighted by Gasteiger charge is 2.29. The van der Waals surface area contributed by atoms with E-state index in [2.05, 4.69) is 28.4 Å². The van der Waals surface area contributed by atoms with E-state index in [4.69, 9.17) is 4.74 Å². The molecule has 1 aromatic rings. The van der Waals surface area contributed by atoms with Crippen molar-refractivity contribution >= 4 is 11.4 Å². The molecular formula is C14H20N2O. The van der Waals surface area contributed by atoms with Crippen LogP contribution < -0.4 is 15.0 Å². The van der Waals surface area contributed by atoms with Crippen molar-refractivity contribution in [3.05, 3.63) is 18.2 Å². The fourth-order valence-corrected chi connectivity index (χ4v) is 2.96. The van der Waals surface area contributed by atoms with Crippen molar-refractivity contribution in [1.82, 2.24) is 0 Å². The summed E-state index contributed by atoms with van der Waals surface area (Å²) in [6, 6.07) is 7.04. The molecule has 1 atom stereocenters. The van der Waals surface area contributed by atoms with E-state index in [1.807, 2.05) is 6.92 Å². The predicted molar refractivity (Wildman–Crippen MR) is 71.1 cm³/mol. The molecule has 0 aliphatic carbocycles. The Labute approximate surface area is 103 Å². The molecule has 0 radical (unpaired) electrons. The maximum atomic E-state index is 5.69. The third-order valence-corrected chi connectivity index (χ3v) is 3.76. The second-order valence-corrected chi connectivity index (χ2v) is 4.81. The van der Waals surface area contributed by atoms with Crippen molar-refractivity contribution in [2.75, 3.05) is 29.9 Å². The number of piperidine rings is 1. The van der Waals surface area contributed by atoms with Crippen molar-refractivity contribution < 1.29 is 4.74 Å².